The van der Waals surface area contributed by atoms with E-state index in [-0.39, 0.29) is 4.90 Å². The van der Waals surface area contributed by atoms with Crippen LogP contribution in [0.25, 0.3) is 10.8 Å². The summed E-state index contributed by atoms with van der Waals surface area (Å²) in [6.45, 7) is 4.45. The molecule has 2 aromatic rings. The molecular formula is C28H43O3S-. The van der Waals surface area contributed by atoms with Gasteiger partial charge >= 0.3 is 0 Å². The zero-order chi connectivity index (χ0) is 23.2. The van der Waals surface area contributed by atoms with Crippen molar-refractivity contribution in [2.45, 2.75) is 121 Å². The van der Waals surface area contributed by atoms with Crippen LogP contribution in [0.15, 0.2) is 35.2 Å². The summed E-state index contributed by atoms with van der Waals surface area (Å²) in [7, 11) is -4.52. The number of rotatable bonds is 17. The predicted molar refractivity (Wildman–Crippen MR) is 135 cm³/mol. The van der Waals surface area contributed by atoms with Crippen LogP contribution in [0.2, 0.25) is 0 Å². The van der Waals surface area contributed by atoms with Gasteiger partial charge in [-0.05, 0) is 47.6 Å². The molecular weight excluding hydrogens is 416 g/mol. The Bertz CT molecular complexity index is 902. The summed E-state index contributed by atoms with van der Waals surface area (Å²) >= 11 is 0. The van der Waals surface area contributed by atoms with E-state index >= 15 is 0 Å². The molecule has 0 bridgehead atoms. The molecule has 32 heavy (non-hydrogen) atoms. The fourth-order valence-electron chi connectivity index (χ4n) is 4.72. The van der Waals surface area contributed by atoms with Crippen molar-refractivity contribution in [1.82, 2.24) is 0 Å². The van der Waals surface area contributed by atoms with Crippen LogP contribution >= 0.6 is 0 Å². The Morgan fingerprint density at radius 3 is 1.56 bits per heavy atom. The van der Waals surface area contributed by atoms with E-state index in [0.717, 1.165) is 36.6 Å². The van der Waals surface area contributed by atoms with Crippen molar-refractivity contribution in [3.8, 4) is 0 Å². The van der Waals surface area contributed by atoms with Crippen molar-refractivity contribution in [2.75, 3.05) is 0 Å². The van der Waals surface area contributed by atoms with E-state index in [1.165, 1.54) is 76.2 Å². The minimum Gasteiger partial charge on any atom is -0.744 e. The average molecular weight is 460 g/mol. The third-order valence-corrected chi connectivity index (χ3v) is 7.49. The van der Waals surface area contributed by atoms with Gasteiger partial charge in [-0.3, -0.25) is 0 Å². The van der Waals surface area contributed by atoms with Gasteiger partial charge in [-0.15, -0.1) is 0 Å². The summed E-state index contributed by atoms with van der Waals surface area (Å²) in [4.78, 5) is 0.0161. The van der Waals surface area contributed by atoms with E-state index in [1.54, 1.807) is 0 Å². The van der Waals surface area contributed by atoms with E-state index in [4.69, 9.17) is 0 Å². The lowest BCUT2D eigenvalue weighted by Crippen LogP contribution is -2.07. The number of unbranched alkanes of at least 4 members (excludes halogenated alkanes) is 12. The molecule has 0 aromatic heterocycles. The van der Waals surface area contributed by atoms with Gasteiger partial charge in [0.15, 0.2) is 0 Å². The largest absolute Gasteiger partial charge is 0.744 e. The van der Waals surface area contributed by atoms with Crippen molar-refractivity contribution >= 4 is 20.9 Å². The maximum absolute atomic E-state index is 12.2. The third-order valence-electron chi connectivity index (χ3n) is 6.51. The minimum absolute atomic E-state index is 0.0161. The molecule has 0 aliphatic carbocycles. The highest BCUT2D eigenvalue weighted by atomic mass is 32.2. The van der Waals surface area contributed by atoms with Crippen molar-refractivity contribution in [1.29, 1.82) is 0 Å². The highest BCUT2D eigenvalue weighted by molar-refractivity contribution is 7.86. The molecule has 2 aromatic carbocycles. The van der Waals surface area contributed by atoms with Gasteiger partial charge in [-0.25, -0.2) is 8.42 Å². The molecule has 2 rings (SSSR count). The average Bonchev–Trinajstić information content (AvgIpc) is 2.76. The monoisotopic (exact) mass is 459 g/mol. The molecule has 0 aliphatic rings. The molecule has 0 aliphatic heterocycles. The molecule has 0 atom stereocenters. The SMILES string of the molecule is CCCCCCCCCc1cc(CCCCCCCCC)c2ccccc2c1S(=O)(=O)[O-]. The minimum atomic E-state index is -4.52. The van der Waals surface area contributed by atoms with Crippen LogP contribution < -0.4 is 0 Å². The molecule has 3 nitrogen and oxygen atoms in total. The maximum Gasteiger partial charge on any atom is 0.125 e. The van der Waals surface area contributed by atoms with Crippen molar-refractivity contribution in [3.05, 3.63) is 41.5 Å². The van der Waals surface area contributed by atoms with Crippen LogP contribution in [-0.4, -0.2) is 13.0 Å². The van der Waals surface area contributed by atoms with Gasteiger partial charge in [0.1, 0.15) is 10.1 Å². The van der Waals surface area contributed by atoms with Crippen molar-refractivity contribution < 1.29 is 13.0 Å². The van der Waals surface area contributed by atoms with Crippen LogP contribution in [0.5, 0.6) is 0 Å². The lowest BCUT2D eigenvalue weighted by Gasteiger charge is -2.19. The summed E-state index contributed by atoms with van der Waals surface area (Å²) in [5, 5.41) is 1.54. The molecule has 0 saturated heterocycles. The van der Waals surface area contributed by atoms with Gasteiger partial charge in [0, 0.05) is 0 Å². The predicted octanol–water partition coefficient (Wildman–Crippen LogP) is 8.33. The topological polar surface area (TPSA) is 57.2 Å². The standard InChI is InChI=1S/C28H44O3S/c1-3-5-7-9-11-13-15-19-24-23-25(20-16-14-12-10-8-6-4-2)28(32(29,30)31)27-22-18-17-21-26(24)27/h17-18,21-23H,3-16,19-20H2,1-2H3,(H,29,30,31)/p-1. The first-order valence-electron chi connectivity index (χ1n) is 13.0. The van der Waals surface area contributed by atoms with E-state index in [1.807, 2.05) is 30.3 Å². The Hall–Kier alpha value is -1.39. The molecule has 0 radical (unpaired) electrons. The maximum atomic E-state index is 12.2. The first-order valence-corrected chi connectivity index (χ1v) is 14.4. The van der Waals surface area contributed by atoms with E-state index in [2.05, 4.69) is 13.8 Å². The molecule has 0 saturated carbocycles. The first-order chi connectivity index (χ1) is 15.5. The first kappa shape index (κ1) is 26.9. The Labute approximate surface area is 196 Å². The van der Waals surface area contributed by atoms with Crippen LogP contribution in [0, 0.1) is 0 Å². The lowest BCUT2D eigenvalue weighted by atomic mass is 9.94. The van der Waals surface area contributed by atoms with Gasteiger partial charge in [-0.2, -0.15) is 0 Å². The highest BCUT2D eigenvalue weighted by Crippen LogP contribution is 2.32. The second kappa shape index (κ2) is 14.7. The Balaban J connectivity index is 2.12. The Morgan fingerprint density at radius 1 is 0.625 bits per heavy atom. The van der Waals surface area contributed by atoms with Gasteiger partial charge in [0.05, 0.1) is 4.90 Å². The van der Waals surface area contributed by atoms with E-state index in [0.29, 0.717) is 11.8 Å². The van der Waals surface area contributed by atoms with Gasteiger partial charge in [0.2, 0.25) is 0 Å². The number of aryl methyl sites for hydroxylation is 2. The number of fused-ring (bicyclic) bond motifs is 1. The molecule has 0 spiro atoms. The molecule has 0 amide bonds. The van der Waals surface area contributed by atoms with Crippen LogP contribution in [0.1, 0.15) is 115 Å². The van der Waals surface area contributed by atoms with Crippen molar-refractivity contribution in [3.63, 3.8) is 0 Å². The smallest absolute Gasteiger partial charge is 0.125 e. The lowest BCUT2D eigenvalue weighted by molar-refractivity contribution is 0.462. The van der Waals surface area contributed by atoms with Gasteiger partial charge < -0.3 is 4.55 Å². The summed E-state index contributed by atoms with van der Waals surface area (Å²) in [6.07, 6.45) is 18.6. The number of hydrogen-bond acceptors (Lipinski definition) is 3. The summed E-state index contributed by atoms with van der Waals surface area (Å²) in [5.41, 5.74) is 1.92. The highest BCUT2D eigenvalue weighted by Gasteiger charge is 2.16. The summed E-state index contributed by atoms with van der Waals surface area (Å²) in [5.74, 6) is 0. The molecule has 0 unspecified atom stereocenters. The fraction of sp³-hybridized carbons (Fsp3) is 0.643. The normalized spacial score (nSPS) is 12.0. The Kier molecular flexibility index (Phi) is 12.3. The van der Waals surface area contributed by atoms with Crippen LogP contribution in [-0.2, 0) is 23.0 Å². The molecule has 4 heteroatoms. The van der Waals surface area contributed by atoms with Gasteiger partial charge in [0.25, 0.3) is 0 Å². The summed E-state index contributed by atoms with van der Waals surface area (Å²) < 4.78 is 36.6. The number of benzene rings is 2. The van der Waals surface area contributed by atoms with Crippen LogP contribution in [0.4, 0.5) is 0 Å². The zero-order valence-corrected chi connectivity index (χ0v) is 21.1. The van der Waals surface area contributed by atoms with E-state index < -0.39 is 10.1 Å². The van der Waals surface area contributed by atoms with E-state index in [9.17, 15) is 13.0 Å². The van der Waals surface area contributed by atoms with Crippen LogP contribution in [0.3, 0.4) is 0 Å². The fourth-order valence-corrected chi connectivity index (χ4v) is 5.65. The second-order valence-corrected chi connectivity index (χ2v) is 10.6. The Morgan fingerprint density at radius 2 is 1.06 bits per heavy atom. The third kappa shape index (κ3) is 8.86. The molecule has 0 heterocycles. The summed E-state index contributed by atoms with van der Waals surface area (Å²) in [6, 6.07) is 9.59. The molecule has 0 fully saturated rings. The second-order valence-electron chi connectivity index (χ2n) is 9.27. The quantitative estimate of drug-likeness (QED) is 0.176. The zero-order valence-electron chi connectivity index (χ0n) is 20.3. The van der Waals surface area contributed by atoms with Crippen molar-refractivity contribution in [2.24, 2.45) is 0 Å². The van der Waals surface area contributed by atoms with Gasteiger partial charge in [-0.1, -0.05) is 121 Å². The number of hydrogen-bond donors (Lipinski definition) is 0. The molecule has 0 N–H and O–H groups in total. The molecule has 180 valence electrons.